The van der Waals surface area contributed by atoms with Gasteiger partial charge in [-0.3, -0.25) is 0 Å². The van der Waals surface area contributed by atoms with Gasteiger partial charge in [-0.25, -0.2) is 0 Å². The summed E-state index contributed by atoms with van der Waals surface area (Å²) in [5.41, 5.74) is 4.11. The molecule has 0 saturated carbocycles. The summed E-state index contributed by atoms with van der Waals surface area (Å²) in [4.78, 5) is 0. The summed E-state index contributed by atoms with van der Waals surface area (Å²) in [7, 11) is 1.76. The Morgan fingerprint density at radius 1 is 1.33 bits per heavy atom. The highest BCUT2D eigenvalue weighted by molar-refractivity contribution is 9.10. The summed E-state index contributed by atoms with van der Waals surface area (Å²) in [6.07, 6.45) is 3.68. The number of piperidine rings is 1. The lowest BCUT2D eigenvalue weighted by Crippen LogP contribution is -2.28. The van der Waals surface area contributed by atoms with Crippen LogP contribution in [0, 0.1) is 19.8 Å². The van der Waals surface area contributed by atoms with Crippen molar-refractivity contribution in [2.24, 2.45) is 5.92 Å². The fourth-order valence-corrected chi connectivity index (χ4v) is 3.50. The summed E-state index contributed by atoms with van der Waals surface area (Å²) in [5.74, 6) is 1.81. The van der Waals surface area contributed by atoms with E-state index in [0.717, 1.165) is 35.7 Å². The maximum Gasteiger partial charge on any atom is 0.136 e. The van der Waals surface area contributed by atoms with Crippen molar-refractivity contribution >= 4 is 15.9 Å². The van der Waals surface area contributed by atoms with Crippen LogP contribution in [0.1, 0.15) is 29.5 Å². The summed E-state index contributed by atoms with van der Waals surface area (Å²) in [6, 6.07) is 2.15. The molecule has 0 radical (unpaired) electrons. The van der Waals surface area contributed by atoms with Gasteiger partial charge in [-0.15, -0.1) is 0 Å². The highest BCUT2D eigenvalue weighted by Crippen LogP contribution is 2.36. The standard InChI is InChI=1S/C15H22BrNO/c1-10-8-14(16)15(18-3)13(11(10)2)9-12-4-6-17-7-5-12/h8,12,17H,4-7,9H2,1-3H3. The summed E-state index contributed by atoms with van der Waals surface area (Å²) >= 11 is 3.62. The van der Waals surface area contributed by atoms with Gasteiger partial charge in [0.25, 0.3) is 0 Å². The number of rotatable bonds is 3. The second-order valence-electron chi connectivity index (χ2n) is 5.21. The molecular weight excluding hydrogens is 290 g/mol. The van der Waals surface area contributed by atoms with E-state index in [9.17, 15) is 0 Å². The van der Waals surface area contributed by atoms with Gasteiger partial charge in [0.2, 0.25) is 0 Å². The Kier molecular flexibility index (Phi) is 4.68. The monoisotopic (exact) mass is 311 g/mol. The van der Waals surface area contributed by atoms with Crippen LogP contribution in [0.5, 0.6) is 5.75 Å². The van der Waals surface area contributed by atoms with Crippen molar-refractivity contribution in [1.82, 2.24) is 5.32 Å². The third-order valence-electron chi connectivity index (χ3n) is 4.03. The second kappa shape index (κ2) is 6.07. The lowest BCUT2D eigenvalue weighted by Gasteiger charge is -2.25. The van der Waals surface area contributed by atoms with E-state index in [1.165, 1.54) is 29.5 Å². The first kappa shape index (κ1) is 13.9. The molecule has 0 aromatic heterocycles. The Morgan fingerprint density at radius 3 is 2.61 bits per heavy atom. The Bertz CT molecular complexity index is 425. The van der Waals surface area contributed by atoms with Crippen LogP contribution in [-0.4, -0.2) is 20.2 Å². The smallest absolute Gasteiger partial charge is 0.136 e. The second-order valence-corrected chi connectivity index (χ2v) is 6.06. The minimum Gasteiger partial charge on any atom is -0.495 e. The van der Waals surface area contributed by atoms with E-state index < -0.39 is 0 Å². The van der Waals surface area contributed by atoms with Gasteiger partial charge in [0.1, 0.15) is 5.75 Å². The Labute approximate surface area is 118 Å². The molecule has 3 heteroatoms. The molecule has 1 aromatic carbocycles. The van der Waals surface area contributed by atoms with E-state index in [1.54, 1.807) is 7.11 Å². The minimum atomic E-state index is 0.785. The number of methoxy groups -OCH3 is 1. The van der Waals surface area contributed by atoms with Crippen LogP contribution in [0.15, 0.2) is 10.5 Å². The fourth-order valence-electron chi connectivity index (χ4n) is 2.76. The molecule has 0 aliphatic carbocycles. The zero-order valence-electron chi connectivity index (χ0n) is 11.5. The largest absolute Gasteiger partial charge is 0.495 e. The first-order chi connectivity index (χ1) is 8.63. The van der Waals surface area contributed by atoms with Crippen LogP contribution < -0.4 is 10.1 Å². The highest BCUT2D eigenvalue weighted by Gasteiger charge is 2.19. The van der Waals surface area contributed by atoms with Crippen LogP contribution in [0.4, 0.5) is 0 Å². The van der Waals surface area contributed by atoms with E-state index in [1.807, 2.05) is 0 Å². The molecule has 2 nitrogen and oxygen atoms in total. The Balaban J connectivity index is 2.29. The number of halogens is 1. The molecule has 0 atom stereocenters. The topological polar surface area (TPSA) is 21.3 Å². The molecule has 1 N–H and O–H groups in total. The molecule has 2 rings (SSSR count). The molecule has 1 fully saturated rings. The average Bonchev–Trinajstić information content (AvgIpc) is 2.37. The third-order valence-corrected chi connectivity index (χ3v) is 4.62. The van der Waals surface area contributed by atoms with Crippen molar-refractivity contribution in [3.8, 4) is 5.75 Å². The predicted octanol–water partition coefficient (Wildman–Crippen LogP) is 3.62. The number of nitrogens with one attached hydrogen (secondary N) is 1. The summed E-state index contributed by atoms with van der Waals surface area (Å²) in [6.45, 7) is 6.68. The van der Waals surface area contributed by atoms with Crippen LogP contribution in [0.3, 0.4) is 0 Å². The molecule has 0 bridgehead atoms. The van der Waals surface area contributed by atoms with Gasteiger partial charge in [-0.05, 0) is 90.8 Å². The van der Waals surface area contributed by atoms with E-state index in [-0.39, 0.29) is 0 Å². The number of aryl methyl sites for hydroxylation is 1. The van der Waals surface area contributed by atoms with Gasteiger partial charge in [0.15, 0.2) is 0 Å². The fraction of sp³-hybridized carbons (Fsp3) is 0.600. The first-order valence-corrected chi connectivity index (χ1v) is 7.46. The zero-order valence-corrected chi connectivity index (χ0v) is 13.1. The Hall–Kier alpha value is -0.540. The molecular formula is C15H22BrNO. The van der Waals surface area contributed by atoms with E-state index >= 15 is 0 Å². The zero-order chi connectivity index (χ0) is 13.1. The van der Waals surface area contributed by atoms with Gasteiger partial charge >= 0.3 is 0 Å². The summed E-state index contributed by atoms with van der Waals surface area (Å²) < 4.78 is 6.67. The molecule has 0 unspecified atom stereocenters. The van der Waals surface area contributed by atoms with Gasteiger partial charge in [0, 0.05) is 0 Å². The lowest BCUT2D eigenvalue weighted by molar-refractivity contribution is 0.359. The van der Waals surface area contributed by atoms with Gasteiger partial charge in [0.05, 0.1) is 11.6 Å². The van der Waals surface area contributed by atoms with Gasteiger partial charge in [-0.1, -0.05) is 0 Å². The molecule has 1 saturated heterocycles. The average molecular weight is 312 g/mol. The van der Waals surface area contributed by atoms with Crippen molar-refractivity contribution in [3.05, 3.63) is 27.2 Å². The van der Waals surface area contributed by atoms with Crippen molar-refractivity contribution < 1.29 is 4.74 Å². The molecule has 1 aliphatic heterocycles. The van der Waals surface area contributed by atoms with Crippen LogP contribution in [0.2, 0.25) is 0 Å². The molecule has 1 aromatic rings. The predicted molar refractivity (Wildman–Crippen MR) is 79.5 cm³/mol. The van der Waals surface area contributed by atoms with Crippen LogP contribution in [-0.2, 0) is 6.42 Å². The molecule has 0 amide bonds. The van der Waals surface area contributed by atoms with E-state index in [0.29, 0.717) is 0 Å². The molecule has 100 valence electrons. The first-order valence-electron chi connectivity index (χ1n) is 6.66. The van der Waals surface area contributed by atoms with Gasteiger partial charge < -0.3 is 10.1 Å². The quantitative estimate of drug-likeness (QED) is 0.920. The number of ether oxygens (including phenoxy) is 1. The third kappa shape index (κ3) is 2.89. The van der Waals surface area contributed by atoms with E-state index in [4.69, 9.17) is 4.74 Å². The molecule has 18 heavy (non-hydrogen) atoms. The lowest BCUT2D eigenvalue weighted by atomic mass is 9.88. The summed E-state index contributed by atoms with van der Waals surface area (Å²) in [5, 5.41) is 3.43. The normalized spacial score (nSPS) is 16.9. The molecule has 1 aliphatic rings. The molecule has 1 heterocycles. The Morgan fingerprint density at radius 2 is 2.00 bits per heavy atom. The minimum absolute atomic E-state index is 0.785. The highest BCUT2D eigenvalue weighted by atomic mass is 79.9. The number of hydrogen-bond acceptors (Lipinski definition) is 2. The van der Waals surface area contributed by atoms with Crippen LogP contribution in [0.25, 0.3) is 0 Å². The SMILES string of the molecule is COc1c(Br)cc(C)c(C)c1CC1CCNCC1. The van der Waals surface area contributed by atoms with Crippen LogP contribution >= 0.6 is 15.9 Å². The van der Waals surface area contributed by atoms with Crippen molar-refractivity contribution in [2.45, 2.75) is 33.1 Å². The number of benzene rings is 1. The van der Waals surface area contributed by atoms with E-state index in [2.05, 4.69) is 41.2 Å². The molecule has 0 spiro atoms. The maximum absolute atomic E-state index is 5.59. The maximum atomic E-state index is 5.59. The number of hydrogen-bond donors (Lipinski definition) is 1. The van der Waals surface area contributed by atoms with Crippen molar-refractivity contribution in [1.29, 1.82) is 0 Å². The van der Waals surface area contributed by atoms with Crippen molar-refractivity contribution in [2.75, 3.05) is 20.2 Å². The van der Waals surface area contributed by atoms with Crippen molar-refractivity contribution in [3.63, 3.8) is 0 Å². The van der Waals surface area contributed by atoms with Gasteiger partial charge in [-0.2, -0.15) is 0 Å².